The number of carbonyl (C=O) groups is 2. The van der Waals surface area contributed by atoms with E-state index in [0.717, 1.165) is 22.4 Å². The molecule has 7 nitrogen and oxygen atoms in total. The van der Waals surface area contributed by atoms with Gasteiger partial charge in [-0.15, -0.1) is 11.3 Å². The molecule has 2 N–H and O–H groups in total. The number of aromatic nitrogens is 2. The zero-order chi connectivity index (χ0) is 19.4. The number of hydrogen-bond donors (Lipinski definition) is 2. The number of thiophene rings is 1. The molecule has 27 heavy (non-hydrogen) atoms. The number of aryl methyl sites for hydroxylation is 1. The van der Waals surface area contributed by atoms with Gasteiger partial charge in [-0.05, 0) is 18.9 Å². The van der Waals surface area contributed by atoms with Crippen LogP contribution >= 0.6 is 11.3 Å². The number of benzene rings is 1. The molecule has 0 saturated carbocycles. The van der Waals surface area contributed by atoms with Gasteiger partial charge in [-0.1, -0.05) is 37.3 Å². The third-order valence-corrected chi connectivity index (χ3v) is 5.03. The van der Waals surface area contributed by atoms with Crippen molar-refractivity contribution in [3.63, 3.8) is 0 Å². The maximum atomic E-state index is 13.0. The monoisotopic (exact) mass is 384 g/mol. The van der Waals surface area contributed by atoms with Crippen molar-refractivity contribution in [3.05, 3.63) is 51.9 Å². The summed E-state index contributed by atoms with van der Waals surface area (Å²) >= 11 is 1.45. The van der Waals surface area contributed by atoms with E-state index in [2.05, 4.69) is 15.6 Å². The van der Waals surface area contributed by atoms with Crippen LogP contribution in [0.1, 0.15) is 18.2 Å². The van der Waals surface area contributed by atoms with Crippen LogP contribution in [0, 0.1) is 6.92 Å². The normalized spacial score (nSPS) is 10.7. The van der Waals surface area contributed by atoms with Crippen LogP contribution in [0.3, 0.4) is 0 Å². The fourth-order valence-corrected chi connectivity index (χ4v) is 3.81. The molecule has 0 aliphatic carbocycles. The minimum absolute atomic E-state index is 0.273. The summed E-state index contributed by atoms with van der Waals surface area (Å²) in [4.78, 5) is 42.6. The Morgan fingerprint density at radius 2 is 1.96 bits per heavy atom. The van der Waals surface area contributed by atoms with Crippen LogP contribution in [-0.4, -0.2) is 28.0 Å². The van der Waals surface area contributed by atoms with Crippen LogP contribution < -0.4 is 16.2 Å². The van der Waals surface area contributed by atoms with Crippen molar-refractivity contribution in [1.29, 1.82) is 0 Å². The molecule has 3 aromatic rings. The molecule has 0 aliphatic heterocycles. The summed E-state index contributed by atoms with van der Waals surface area (Å²) in [7, 11) is 0. The second-order valence-electron chi connectivity index (χ2n) is 6.06. The first-order valence-electron chi connectivity index (χ1n) is 8.63. The first-order valence-corrected chi connectivity index (χ1v) is 9.44. The summed E-state index contributed by atoms with van der Waals surface area (Å²) in [6.07, 6.45) is 2.11. The van der Waals surface area contributed by atoms with Gasteiger partial charge in [0.1, 0.15) is 11.4 Å². The molecule has 0 aliphatic rings. The fourth-order valence-electron chi connectivity index (χ4n) is 2.81. The highest BCUT2D eigenvalue weighted by Crippen LogP contribution is 2.35. The van der Waals surface area contributed by atoms with Gasteiger partial charge >= 0.3 is 6.03 Å². The predicted molar refractivity (Wildman–Crippen MR) is 106 cm³/mol. The summed E-state index contributed by atoms with van der Waals surface area (Å²) in [6.45, 7) is 4.06. The summed E-state index contributed by atoms with van der Waals surface area (Å²) in [5, 5.41) is 5.27. The van der Waals surface area contributed by atoms with Gasteiger partial charge in [0.05, 0.1) is 11.7 Å². The highest BCUT2D eigenvalue weighted by atomic mass is 32.1. The highest BCUT2D eigenvalue weighted by molar-refractivity contribution is 7.19. The third kappa shape index (κ3) is 4.06. The number of rotatable bonds is 5. The zero-order valence-electron chi connectivity index (χ0n) is 15.1. The lowest BCUT2D eigenvalue weighted by atomic mass is 10.0. The van der Waals surface area contributed by atoms with Crippen LogP contribution in [0.25, 0.3) is 21.3 Å². The molecular formula is C19H20N4O3S. The van der Waals surface area contributed by atoms with Crippen LogP contribution in [0.5, 0.6) is 0 Å². The molecule has 2 heterocycles. The van der Waals surface area contributed by atoms with E-state index in [0.29, 0.717) is 16.8 Å². The van der Waals surface area contributed by atoms with Gasteiger partial charge in [-0.3, -0.25) is 19.5 Å². The van der Waals surface area contributed by atoms with E-state index in [9.17, 15) is 14.4 Å². The van der Waals surface area contributed by atoms with Crippen molar-refractivity contribution in [2.45, 2.75) is 26.8 Å². The Labute approximate surface area is 160 Å². The Hall–Kier alpha value is -3.00. The Bertz CT molecular complexity index is 1040. The average molecular weight is 384 g/mol. The molecule has 0 unspecified atom stereocenters. The molecule has 3 rings (SSSR count). The third-order valence-electron chi connectivity index (χ3n) is 4.02. The molecule has 3 amide bonds. The summed E-state index contributed by atoms with van der Waals surface area (Å²) in [6, 6.07) is 9.05. The molecule has 0 fully saturated rings. The second-order valence-corrected chi connectivity index (χ2v) is 7.26. The average Bonchev–Trinajstić information content (AvgIpc) is 3.00. The topological polar surface area (TPSA) is 93.1 Å². The molecule has 1 aromatic carbocycles. The van der Waals surface area contributed by atoms with Gasteiger partial charge in [-0.2, -0.15) is 0 Å². The Balaban J connectivity index is 1.92. The highest BCUT2D eigenvalue weighted by Gasteiger charge is 2.18. The minimum Gasteiger partial charge on any atom is -0.338 e. The zero-order valence-corrected chi connectivity index (χ0v) is 15.9. The molecule has 0 radical (unpaired) electrons. The van der Waals surface area contributed by atoms with Crippen LogP contribution in [-0.2, 0) is 11.3 Å². The number of hydrogen-bond acceptors (Lipinski definition) is 5. The maximum Gasteiger partial charge on any atom is 0.321 e. The number of nitrogens with one attached hydrogen (secondary N) is 2. The number of carbonyl (C=O) groups excluding carboxylic acids is 2. The molecule has 2 aromatic heterocycles. The van der Waals surface area contributed by atoms with E-state index in [-0.39, 0.29) is 12.1 Å². The molecule has 0 saturated heterocycles. The van der Waals surface area contributed by atoms with E-state index < -0.39 is 11.9 Å². The second kappa shape index (κ2) is 8.13. The number of fused-ring (bicyclic) bond motifs is 1. The molecule has 0 spiro atoms. The SMILES string of the molecule is CCCNC(=O)NC(=O)Cn1cnc2sc(C)c(-c3ccccc3)c2c1=O. The van der Waals surface area contributed by atoms with Crippen molar-refractivity contribution < 1.29 is 9.59 Å². The lowest BCUT2D eigenvalue weighted by Gasteiger charge is -2.08. The quantitative estimate of drug-likeness (QED) is 0.707. The maximum absolute atomic E-state index is 13.0. The lowest BCUT2D eigenvalue weighted by Crippen LogP contribution is -2.42. The lowest BCUT2D eigenvalue weighted by molar-refractivity contribution is -0.120. The Morgan fingerprint density at radius 3 is 2.67 bits per heavy atom. The van der Waals surface area contributed by atoms with Crippen LogP contribution in [0.4, 0.5) is 4.79 Å². The van der Waals surface area contributed by atoms with E-state index in [4.69, 9.17) is 0 Å². The summed E-state index contributed by atoms with van der Waals surface area (Å²) in [5.41, 5.74) is 1.47. The number of amides is 3. The molecule has 0 bridgehead atoms. The number of urea groups is 1. The summed E-state index contributed by atoms with van der Waals surface area (Å²) in [5.74, 6) is -0.569. The van der Waals surface area contributed by atoms with Crippen molar-refractivity contribution in [2.75, 3.05) is 6.54 Å². The van der Waals surface area contributed by atoms with E-state index >= 15 is 0 Å². The van der Waals surface area contributed by atoms with Gasteiger partial charge in [0.2, 0.25) is 5.91 Å². The number of nitrogens with zero attached hydrogens (tertiary/aromatic N) is 2. The predicted octanol–water partition coefficient (Wildman–Crippen LogP) is 2.67. The van der Waals surface area contributed by atoms with Crippen molar-refractivity contribution >= 4 is 33.5 Å². The molecule has 140 valence electrons. The summed E-state index contributed by atoms with van der Waals surface area (Å²) < 4.78 is 1.23. The molecule has 8 heteroatoms. The Morgan fingerprint density at radius 1 is 1.22 bits per heavy atom. The minimum atomic E-state index is -0.569. The van der Waals surface area contributed by atoms with Gasteiger partial charge in [0.25, 0.3) is 5.56 Å². The van der Waals surface area contributed by atoms with E-state index in [1.165, 1.54) is 22.2 Å². The standard InChI is InChI=1S/C19H20N4O3S/c1-3-9-20-19(26)22-14(24)10-23-11-21-17-16(18(23)25)15(12(2)27-17)13-7-5-4-6-8-13/h4-8,11H,3,9-10H2,1-2H3,(H2,20,22,24,26). The van der Waals surface area contributed by atoms with Crippen molar-refractivity contribution in [2.24, 2.45) is 0 Å². The van der Waals surface area contributed by atoms with E-state index in [1.807, 2.05) is 44.2 Å². The van der Waals surface area contributed by atoms with Gasteiger partial charge in [-0.25, -0.2) is 9.78 Å². The first kappa shape index (κ1) is 18.8. The largest absolute Gasteiger partial charge is 0.338 e. The van der Waals surface area contributed by atoms with Gasteiger partial charge in [0.15, 0.2) is 0 Å². The molecule has 0 atom stereocenters. The van der Waals surface area contributed by atoms with Crippen LogP contribution in [0.15, 0.2) is 41.5 Å². The van der Waals surface area contributed by atoms with Crippen LogP contribution in [0.2, 0.25) is 0 Å². The fraction of sp³-hybridized carbons (Fsp3) is 0.263. The smallest absolute Gasteiger partial charge is 0.321 e. The van der Waals surface area contributed by atoms with Crippen molar-refractivity contribution in [1.82, 2.24) is 20.2 Å². The molecular weight excluding hydrogens is 364 g/mol. The van der Waals surface area contributed by atoms with Gasteiger partial charge in [0, 0.05) is 17.0 Å². The Kier molecular flexibility index (Phi) is 5.66. The van der Waals surface area contributed by atoms with E-state index in [1.54, 1.807) is 0 Å². The first-order chi connectivity index (χ1) is 13.0. The number of imide groups is 1. The van der Waals surface area contributed by atoms with Crippen molar-refractivity contribution in [3.8, 4) is 11.1 Å². The van der Waals surface area contributed by atoms with Gasteiger partial charge < -0.3 is 5.32 Å².